The van der Waals surface area contributed by atoms with E-state index in [0.717, 1.165) is 0 Å². The highest BCUT2D eigenvalue weighted by atomic mass is 31.2. The van der Waals surface area contributed by atoms with Gasteiger partial charge in [-0.25, -0.2) is 4.57 Å². The molecule has 0 saturated heterocycles. The van der Waals surface area contributed by atoms with Crippen LogP contribution >= 0.6 is 7.82 Å². The van der Waals surface area contributed by atoms with Crippen molar-refractivity contribution < 1.29 is 46.9 Å². The van der Waals surface area contributed by atoms with Crippen molar-refractivity contribution in [2.24, 2.45) is 0 Å². The van der Waals surface area contributed by atoms with Gasteiger partial charge >= 0.3 is 7.82 Å². The van der Waals surface area contributed by atoms with Crippen LogP contribution in [0, 0.1) is 0 Å². The van der Waals surface area contributed by atoms with Crippen LogP contribution in [0.3, 0.4) is 0 Å². The van der Waals surface area contributed by atoms with Gasteiger partial charge in [0.2, 0.25) is 0 Å². The van der Waals surface area contributed by atoms with Gasteiger partial charge in [-0.3, -0.25) is 9.05 Å². The minimum Gasteiger partial charge on any atom is -0.379 e. The van der Waals surface area contributed by atoms with Crippen molar-refractivity contribution in [2.45, 2.75) is 13.8 Å². The van der Waals surface area contributed by atoms with Gasteiger partial charge in [0.1, 0.15) is 0 Å². The molecule has 0 atom stereocenters. The third-order valence-corrected chi connectivity index (χ3v) is 3.88. The van der Waals surface area contributed by atoms with E-state index < -0.39 is 7.82 Å². The minimum absolute atomic E-state index is 0.0543. The van der Waals surface area contributed by atoms with E-state index in [9.17, 15) is 9.46 Å². The standard InChI is InChI=1S/C16H35O10P/c1-3-19-5-7-21-9-11-23-13-15-25-27(17,18)26-16-14-24-12-10-22-8-6-20-4-2/h3-16H2,1-2H3,(H,17,18). The zero-order valence-corrected chi connectivity index (χ0v) is 17.4. The van der Waals surface area contributed by atoms with Gasteiger partial charge in [-0.05, 0) is 13.8 Å². The van der Waals surface area contributed by atoms with E-state index in [0.29, 0.717) is 66.1 Å². The van der Waals surface area contributed by atoms with Crippen molar-refractivity contribution in [1.29, 1.82) is 0 Å². The Bertz CT molecular complexity index is 317. The SMILES string of the molecule is CCOCCOCCOCCOP(=O)(O)OCCOCCOCCOCC. The topological polar surface area (TPSA) is 111 Å². The van der Waals surface area contributed by atoms with E-state index in [2.05, 4.69) is 0 Å². The van der Waals surface area contributed by atoms with Crippen LogP contribution in [0.4, 0.5) is 0 Å². The maximum Gasteiger partial charge on any atom is 0.472 e. The highest BCUT2D eigenvalue weighted by molar-refractivity contribution is 7.47. The van der Waals surface area contributed by atoms with Gasteiger partial charge in [-0.15, -0.1) is 0 Å². The van der Waals surface area contributed by atoms with Gasteiger partial charge in [-0.1, -0.05) is 0 Å². The fourth-order valence-corrected chi connectivity index (χ4v) is 2.31. The molecule has 0 rings (SSSR count). The molecule has 164 valence electrons. The lowest BCUT2D eigenvalue weighted by Crippen LogP contribution is -2.13. The number of phosphoric ester groups is 1. The Morgan fingerprint density at radius 1 is 0.519 bits per heavy atom. The summed E-state index contributed by atoms with van der Waals surface area (Å²) in [6, 6.07) is 0. The molecule has 0 unspecified atom stereocenters. The second kappa shape index (κ2) is 20.6. The molecule has 0 spiro atoms. The highest BCUT2D eigenvalue weighted by Crippen LogP contribution is 2.42. The Hall–Kier alpha value is -0.130. The van der Waals surface area contributed by atoms with E-state index in [1.807, 2.05) is 13.8 Å². The summed E-state index contributed by atoms with van der Waals surface area (Å²) < 4.78 is 52.3. The third kappa shape index (κ3) is 22.0. The van der Waals surface area contributed by atoms with Crippen molar-refractivity contribution in [3.8, 4) is 0 Å². The second-order valence-corrected chi connectivity index (χ2v) is 6.43. The summed E-state index contributed by atoms with van der Waals surface area (Å²) in [5.74, 6) is 0. The fourth-order valence-electron chi connectivity index (χ4n) is 1.63. The smallest absolute Gasteiger partial charge is 0.379 e. The van der Waals surface area contributed by atoms with Crippen LogP contribution in [0.15, 0.2) is 0 Å². The molecule has 27 heavy (non-hydrogen) atoms. The van der Waals surface area contributed by atoms with E-state index in [4.69, 9.17) is 37.5 Å². The number of phosphoric acid groups is 1. The molecule has 0 aliphatic rings. The van der Waals surface area contributed by atoms with E-state index in [-0.39, 0.29) is 26.4 Å². The minimum atomic E-state index is -4.10. The van der Waals surface area contributed by atoms with Crippen molar-refractivity contribution in [3.63, 3.8) is 0 Å². The predicted molar refractivity (Wildman–Crippen MR) is 98.0 cm³/mol. The summed E-state index contributed by atoms with van der Waals surface area (Å²) in [4.78, 5) is 9.48. The van der Waals surface area contributed by atoms with Crippen molar-refractivity contribution in [1.82, 2.24) is 0 Å². The lowest BCUT2D eigenvalue weighted by molar-refractivity contribution is 0.00283. The summed E-state index contributed by atoms with van der Waals surface area (Å²) in [5, 5.41) is 0. The van der Waals surface area contributed by atoms with Crippen LogP contribution in [-0.2, 0) is 42.0 Å². The quantitative estimate of drug-likeness (QED) is 0.204. The Kier molecular flexibility index (Phi) is 20.5. The summed E-state index contributed by atoms with van der Waals surface area (Å²) in [5.41, 5.74) is 0. The van der Waals surface area contributed by atoms with Crippen LogP contribution in [-0.4, -0.2) is 97.4 Å². The molecule has 0 aliphatic carbocycles. The second-order valence-electron chi connectivity index (χ2n) is 4.98. The summed E-state index contributed by atoms with van der Waals surface area (Å²) in [6.45, 7) is 9.08. The molecule has 0 bridgehead atoms. The van der Waals surface area contributed by atoms with Crippen molar-refractivity contribution in [2.75, 3.05) is 92.5 Å². The predicted octanol–water partition coefficient (Wildman–Crippen LogP) is 1.26. The molecule has 10 nitrogen and oxygen atoms in total. The molecule has 0 heterocycles. The Morgan fingerprint density at radius 3 is 1.07 bits per heavy atom. The average Bonchev–Trinajstić information content (AvgIpc) is 2.64. The first-order valence-electron chi connectivity index (χ1n) is 9.20. The molecule has 0 fully saturated rings. The average molecular weight is 418 g/mol. The van der Waals surface area contributed by atoms with Gasteiger partial charge in [-0.2, -0.15) is 0 Å². The van der Waals surface area contributed by atoms with E-state index in [1.165, 1.54) is 0 Å². The molecule has 0 aromatic heterocycles. The monoisotopic (exact) mass is 418 g/mol. The van der Waals surface area contributed by atoms with E-state index >= 15 is 0 Å². The maximum atomic E-state index is 11.6. The molecule has 0 radical (unpaired) electrons. The van der Waals surface area contributed by atoms with Gasteiger partial charge in [0.15, 0.2) is 0 Å². The summed E-state index contributed by atoms with van der Waals surface area (Å²) in [6.07, 6.45) is 0. The molecule has 0 aliphatic heterocycles. The van der Waals surface area contributed by atoms with Crippen molar-refractivity contribution >= 4 is 7.82 Å². The van der Waals surface area contributed by atoms with Gasteiger partial charge in [0, 0.05) is 13.2 Å². The zero-order valence-electron chi connectivity index (χ0n) is 16.5. The molecule has 0 amide bonds. The molecule has 0 aromatic rings. The van der Waals surface area contributed by atoms with Crippen LogP contribution in [0.1, 0.15) is 13.8 Å². The molecular formula is C16H35O10P. The normalized spacial score (nSPS) is 12.0. The fraction of sp³-hybridized carbons (Fsp3) is 1.00. The molecular weight excluding hydrogens is 383 g/mol. The number of rotatable bonds is 22. The largest absolute Gasteiger partial charge is 0.472 e. The lowest BCUT2D eigenvalue weighted by Gasteiger charge is -2.12. The molecule has 11 heteroatoms. The van der Waals surface area contributed by atoms with E-state index in [1.54, 1.807) is 0 Å². The Morgan fingerprint density at radius 2 is 0.778 bits per heavy atom. The number of hydrogen-bond acceptors (Lipinski definition) is 9. The first kappa shape index (κ1) is 26.9. The first-order chi connectivity index (χ1) is 13.1. The Balaban J connectivity index is 3.32. The van der Waals surface area contributed by atoms with Gasteiger partial charge < -0.3 is 33.3 Å². The Labute approximate surface area is 161 Å². The van der Waals surface area contributed by atoms with Crippen LogP contribution in [0.25, 0.3) is 0 Å². The summed E-state index contributed by atoms with van der Waals surface area (Å²) >= 11 is 0. The highest BCUT2D eigenvalue weighted by Gasteiger charge is 2.20. The lowest BCUT2D eigenvalue weighted by atomic mass is 10.7. The summed E-state index contributed by atoms with van der Waals surface area (Å²) in [7, 11) is -4.10. The first-order valence-corrected chi connectivity index (χ1v) is 10.7. The van der Waals surface area contributed by atoms with Gasteiger partial charge in [0.05, 0.1) is 79.3 Å². The molecule has 0 aromatic carbocycles. The van der Waals surface area contributed by atoms with Crippen molar-refractivity contribution in [3.05, 3.63) is 0 Å². The van der Waals surface area contributed by atoms with Gasteiger partial charge in [0.25, 0.3) is 0 Å². The molecule has 0 saturated carbocycles. The van der Waals surface area contributed by atoms with Crippen LogP contribution < -0.4 is 0 Å². The maximum absolute atomic E-state index is 11.6. The zero-order chi connectivity index (χ0) is 20.1. The number of hydrogen-bond donors (Lipinski definition) is 1. The number of ether oxygens (including phenoxy) is 6. The van der Waals surface area contributed by atoms with Crippen LogP contribution in [0.2, 0.25) is 0 Å². The molecule has 1 N–H and O–H groups in total. The third-order valence-electron chi connectivity index (χ3n) is 2.86. The van der Waals surface area contributed by atoms with Crippen LogP contribution in [0.5, 0.6) is 0 Å².